The van der Waals surface area contributed by atoms with Crippen LogP contribution in [0, 0.1) is 11.3 Å². The number of rotatable bonds is 3. The lowest BCUT2D eigenvalue weighted by Crippen LogP contribution is -2.16. The number of halogens is 1. The molecule has 1 aliphatic carbocycles. The maximum absolute atomic E-state index is 12.0. The van der Waals surface area contributed by atoms with Gasteiger partial charge < -0.3 is 5.32 Å². The summed E-state index contributed by atoms with van der Waals surface area (Å²) in [6.07, 6.45) is 0.958. The smallest absolute Gasteiger partial charge is 0.228 e. The highest BCUT2D eigenvalue weighted by molar-refractivity contribution is 6.32. The van der Waals surface area contributed by atoms with Gasteiger partial charge in [-0.2, -0.15) is 0 Å². The number of hydrogen-bond acceptors (Lipinski definition) is 1. The highest BCUT2D eigenvalue weighted by Gasteiger charge is 2.50. The van der Waals surface area contributed by atoms with Crippen molar-refractivity contribution in [1.29, 1.82) is 0 Å². The third-order valence-electron chi connectivity index (χ3n) is 3.52. The van der Waals surface area contributed by atoms with Crippen LogP contribution in [0.4, 0.5) is 5.69 Å². The highest BCUT2D eigenvalue weighted by atomic mass is 35.5. The van der Waals surface area contributed by atoms with Crippen molar-refractivity contribution in [2.24, 2.45) is 11.3 Å². The van der Waals surface area contributed by atoms with Crippen molar-refractivity contribution >= 4 is 28.8 Å². The maximum atomic E-state index is 12.0. The lowest BCUT2D eigenvalue weighted by atomic mass is 10.1. The first-order chi connectivity index (χ1) is 8.31. The predicted octanol–water partition coefficient (Wildman–Crippen LogP) is 4.36. The van der Waals surface area contributed by atoms with Crippen LogP contribution in [0.5, 0.6) is 0 Å². The number of carbonyl (C=O) groups excluding carboxylic acids is 1. The van der Waals surface area contributed by atoms with Gasteiger partial charge in [-0.1, -0.05) is 32.0 Å². The van der Waals surface area contributed by atoms with Crippen molar-refractivity contribution < 1.29 is 4.79 Å². The summed E-state index contributed by atoms with van der Waals surface area (Å²) >= 11 is 6.07. The highest BCUT2D eigenvalue weighted by Crippen LogP contribution is 2.52. The third-order valence-corrected chi connectivity index (χ3v) is 3.85. The topological polar surface area (TPSA) is 29.1 Å². The monoisotopic (exact) mass is 263 g/mol. The second-order valence-electron chi connectivity index (χ2n) is 5.71. The summed E-state index contributed by atoms with van der Waals surface area (Å²) in [5.41, 5.74) is 2.70. The molecule has 18 heavy (non-hydrogen) atoms. The van der Waals surface area contributed by atoms with E-state index in [0.717, 1.165) is 23.2 Å². The van der Waals surface area contributed by atoms with Gasteiger partial charge in [0, 0.05) is 16.6 Å². The molecule has 0 bridgehead atoms. The minimum Gasteiger partial charge on any atom is -0.326 e. The minimum atomic E-state index is 0.0926. The Balaban J connectivity index is 2.13. The second kappa shape index (κ2) is 4.43. The molecule has 1 N–H and O–H groups in total. The van der Waals surface area contributed by atoms with Gasteiger partial charge in [-0.25, -0.2) is 0 Å². The van der Waals surface area contributed by atoms with Crippen molar-refractivity contribution in [1.82, 2.24) is 0 Å². The molecule has 0 aromatic heterocycles. The number of anilines is 1. The van der Waals surface area contributed by atoms with Crippen LogP contribution in [0.3, 0.4) is 0 Å². The van der Waals surface area contributed by atoms with E-state index in [9.17, 15) is 4.79 Å². The summed E-state index contributed by atoms with van der Waals surface area (Å²) in [6, 6.07) is 5.49. The van der Waals surface area contributed by atoms with E-state index in [1.54, 1.807) is 6.07 Å². The molecule has 3 heteroatoms. The molecule has 96 valence electrons. The molecule has 1 saturated carbocycles. The van der Waals surface area contributed by atoms with Crippen LogP contribution in [0.2, 0.25) is 5.02 Å². The summed E-state index contributed by atoms with van der Waals surface area (Å²) in [7, 11) is 0. The Morgan fingerprint density at radius 3 is 2.61 bits per heavy atom. The average Bonchev–Trinajstić information content (AvgIpc) is 2.90. The Bertz CT molecular complexity index is 519. The number of amides is 1. The van der Waals surface area contributed by atoms with Gasteiger partial charge in [0.25, 0.3) is 0 Å². The first kappa shape index (κ1) is 13.2. The molecule has 0 heterocycles. The summed E-state index contributed by atoms with van der Waals surface area (Å²) in [5, 5.41) is 3.60. The SMILES string of the molecule is C=C(C)c1cc(NC(=O)C2CC2(C)C)ccc1Cl. The third kappa shape index (κ3) is 2.59. The standard InChI is InChI=1S/C15H18ClNO/c1-9(2)11-7-10(5-6-13(11)16)17-14(18)12-8-15(12,3)4/h5-7,12H,1,8H2,2-4H3,(H,17,18). The molecule has 1 amide bonds. The van der Waals surface area contributed by atoms with Gasteiger partial charge in [-0.3, -0.25) is 4.79 Å². The molecule has 0 aliphatic heterocycles. The van der Waals surface area contributed by atoms with Crippen LogP contribution in [-0.2, 0) is 4.79 Å². The predicted molar refractivity (Wildman–Crippen MR) is 76.7 cm³/mol. The molecule has 1 unspecified atom stereocenters. The molecule has 1 aliphatic rings. The first-order valence-corrected chi connectivity index (χ1v) is 6.45. The van der Waals surface area contributed by atoms with E-state index in [0.29, 0.717) is 5.02 Å². The van der Waals surface area contributed by atoms with E-state index >= 15 is 0 Å². The molecule has 2 nitrogen and oxygen atoms in total. The van der Waals surface area contributed by atoms with Crippen LogP contribution in [0.15, 0.2) is 24.8 Å². The normalized spacial score (nSPS) is 20.3. The Labute approximate surface area is 113 Å². The van der Waals surface area contributed by atoms with Crippen molar-refractivity contribution in [3.8, 4) is 0 Å². The summed E-state index contributed by atoms with van der Waals surface area (Å²) in [4.78, 5) is 12.0. The average molecular weight is 264 g/mol. The van der Waals surface area contributed by atoms with Gasteiger partial charge in [0.2, 0.25) is 5.91 Å². The molecular weight excluding hydrogens is 246 g/mol. The van der Waals surface area contributed by atoms with Crippen molar-refractivity contribution in [2.75, 3.05) is 5.32 Å². The maximum Gasteiger partial charge on any atom is 0.228 e. The van der Waals surface area contributed by atoms with Gasteiger partial charge in [0.05, 0.1) is 0 Å². The van der Waals surface area contributed by atoms with E-state index in [4.69, 9.17) is 11.6 Å². The van der Waals surface area contributed by atoms with Crippen molar-refractivity contribution in [3.63, 3.8) is 0 Å². The van der Waals surface area contributed by atoms with Crippen LogP contribution in [0.1, 0.15) is 32.8 Å². The zero-order valence-corrected chi connectivity index (χ0v) is 11.8. The van der Waals surface area contributed by atoms with E-state index in [-0.39, 0.29) is 17.2 Å². The number of hydrogen-bond donors (Lipinski definition) is 1. The Morgan fingerprint density at radius 1 is 1.50 bits per heavy atom. The second-order valence-corrected chi connectivity index (χ2v) is 6.12. The summed E-state index contributed by atoms with van der Waals surface area (Å²) in [6.45, 7) is 10.00. The number of allylic oxidation sites excluding steroid dienone is 1. The molecule has 1 atom stereocenters. The zero-order valence-electron chi connectivity index (χ0n) is 11.0. The van der Waals surface area contributed by atoms with Gasteiger partial charge in [-0.05, 0) is 48.1 Å². The quantitative estimate of drug-likeness (QED) is 0.863. The van der Waals surface area contributed by atoms with E-state index in [2.05, 4.69) is 25.7 Å². The van der Waals surface area contributed by atoms with E-state index in [1.807, 2.05) is 19.1 Å². The molecule has 1 aromatic rings. The van der Waals surface area contributed by atoms with Crippen LogP contribution < -0.4 is 5.32 Å². The summed E-state index contributed by atoms with van der Waals surface area (Å²) in [5.74, 6) is 0.219. The molecule has 1 aromatic carbocycles. The summed E-state index contributed by atoms with van der Waals surface area (Å²) < 4.78 is 0. The molecule has 0 radical (unpaired) electrons. The fourth-order valence-corrected chi connectivity index (χ4v) is 2.35. The van der Waals surface area contributed by atoms with Crippen molar-refractivity contribution in [3.05, 3.63) is 35.4 Å². The Kier molecular flexibility index (Phi) is 3.24. The zero-order chi connectivity index (χ0) is 13.5. The number of nitrogens with one attached hydrogen (secondary N) is 1. The van der Waals surface area contributed by atoms with Crippen LogP contribution >= 0.6 is 11.6 Å². The Hall–Kier alpha value is -1.28. The molecule has 2 rings (SSSR count). The lowest BCUT2D eigenvalue weighted by molar-refractivity contribution is -0.117. The fraction of sp³-hybridized carbons (Fsp3) is 0.400. The molecular formula is C15H18ClNO. The van der Waals surface area contributed by atoms with Gasteiger partial charge in [0.1, 0.15) is 0 Å². The van der Waals surface area contributed by atoms with Crippen molar-refractivity contribution in [2.45, 2.75) is 27.2 Å². The fourth-order valence-electron chi connectivity index (χ4n) is 2.07. The van der Waals surface area contributed by atoms with Gasteiger partial charge >= 0.3 is 0 Å². The number of benzene rings is 1. The van der Waals surface area contributed by atoms with Gasteiger partial charge in [-0.15, -0.1) is 0 Å². The first-order valence-electron chi connectivity index (χ1n) is 6.07. The molecule has 0 spiro atoms. The van der Waals surface area contributed by atoms with Gasteiger partial charge in [0.15, 0.2) is 0 Å². The minimum absolute atomic E-state index is 0.0926. The van der Waals surface area contributed by atoms with E-state index in [1.165, 1.54) is 0 Å². The number of carbonyl (C=O) groups is 1. The lowest BCUT2D eigenvalue weighted by Gasteiger charge is -2.10. The largest absolute Gasteiger partial charge is 0.326 e. The van der Waals surface area contributed by atoms with E-state index < -0.39 is 0 Å². The Morgan fingerprint density at radius 2 is 2.11 bits per heavy atom. The van der Waals surface area contributed by atoms with Crippen LogP contribution in [0.25, 0.3) is 5.57 Å². The molecule has 0 saturated heterocycles. The van der Waals surface area contributed by atoms with Crippen LogP contribution in [-0.4, -0.2) is 5.91 Å². The molecule has 1 fully saturated rings.